The molecule has 38 heavy (non-hydrogen) atoms. The molecule has 1 unspecified atom stereocenters. The maximum atomic E-state index is 10.4. The van der Waals surface area contributed by atoms with E-state index in [4.69, 9.17) is 14.4 Å². The summed E-state index contributed by atoms with van der Waals surface area (Å²) in [6.07, 6.45) is -0.241. The molecule has 0 amide bonds. The normalized spacial score (nSPS) is 15.2. The van der Waals surface area contributed by atoms with Crippen LogP contribution in [0, 0.1) is 0 Å². The highest BCUT2D eigenvalue weighted by atomic mass is 16.5. The van der Waals surface area contributed by atoms with Crippen molar-refractivity contribution in [2.45, 2.75) is 45.1 Å². The Labute approximate surface area is 223 Å². The number of aromatic nitrogens is 1. The Bertz CT molecular complexity index is 1630. The lowest BCUT2D eigenvalue weighted by Gasteiger charge is -2.37. The van der Waals surface area contributed by atoms with Crippen LogP contribution in [0.4, 0.5) is 5.69 Å². The molecular formula is C32H30BN2O3. The van der Waals surface area contributed by atoms with Crippen LogP contribution in [-0.4, -0.2) is 28.8 Å². The van der Waals surface area contributed by atoms with E-state index in [9.17, 15) is 5.11 Å². The van der Waals surface area contributed by atoms with E-state index < -0.39 is 11.2 Å². The van der Waals surface area contributed by atoms with Crippen molar-refractivity contribution in [2.75, 3.05) is 5.32 Å². The first-order valence-corrected chi connectivity index (χ1v) is 12.9. The number of benzene rings is 4. The van der Waals surface area contributed by atoms with Gasteiger partial charge < -0.3 is 19.8 Å². The second-order valence-corrected chi connectivity index (χ2v) is 10.8. The van der Waals surface area contributed by atoms with Crippen LogP contribution in [0.25, 0.3) is 32.9 Å². The van der Waals surface area contributed by atoms with Crippen LogP contribution >= 0.6 is 0 Å². The lowest BCUT2D eigenvalue weighted by Crippen LogP contribution is -2.49. The summed E-state index contributed by atoms with van der Waals surface area (Å²) in [6.45, 7) is 7.25. The minimum atomic E-state index is -0.977. The van der Waals surface area contributed by atoms with E-state index in [0.717, 1.165) is 55.4 Å². The molecule has 0 bridgehead atoms. The first-order valence-electron chi connectivity index (χ1n) is 12.9. The third-order valence-electron chi connectivity index (χ3n) is 7.60. The van der Waals surface area contributed by atoms with E-state index in [2.05, 4.69) is 47.8 Å². The quantitative estimate of drug-likeness (QED) is 0.209. The maximum absolute atomic E-state index is 10.4. The van der Waals surface area contributed by atoms with Crippen molar-refractivity contribution in [3.05, 3.63) is 96.6 Å². The molecule has 0 fully saturated rings. The number of pyridine rings is 1. The van der Waals surface area contributed by atoms with E-state index in [1.165, 1.54) is 0 Å². The van der Waals surface area contributed by atoms with Crippen LogP contribution in [0.5, 0.6) is 5.75 Å². The van der Waals surface area contributed by atoms with Crippen molar-refractivity contribution < 1.29 is 14.5 Å². The number of hydrogen-bond acceptors (Lipinski definition) is 5. The molecule has 5 aromatic rings. The number of anilines is 1. The summed E-state index contributed by atoms with van der Waals surface area (Å²) in [6, 6.07) is 30.7. The number of nitrogens with zero attached hydrogens (tertiary/aromatic N) is 1. The Morgan fingerprint density at radius 2 is 1.55 bits per heavy atom. The van der Waals surface area contributed by atoms with Gasteiger partial charge in [0.15, 0.2) is 6.23 Å². The molecule has 1 aliphatic heterocycles. The first-order chi connectivity index (χ1) is 18.2. The summed E-state index contributed by atoms with van der Waals surface area (Å²) in [5.74, 6) is 0.838. The molecule has 0 saturated carbocycles. The van der Waals surface area contributed by atoms with Gasteiger partial charge in [-0.15, -0.1) is 0 Å². The molecule has 1 aromatic heterocycles. The van der Waals surface area contributed by atoms with Crippen LogP contribution in [-0.2, 0) is 4.65 Å². The van der Waals surface area contributed by atoms with E-state index in [1.807, 2.05) is 62.4 Å². The van der Waals surface area contributed by atoms with Gasteiger partial charge in [0, 0.05) is 27.3 Å². The highest BCUT2D eigenvalue weighted by molar-refractivity contribution is 6.47. The zero-order valence-corrected chi connectivity index (χ0v) is 22.0. The number of nitrogens with one attached hydrogen (secondary N) is 1. The van der Waals surface area contributed by atoms with E-state index in [-0.39, 0.29) is 6.23 Å². The molecule has 189 valence electrons. The number of ether oxygens (including phenoxy) is 1. The highest BCUT2D eigenvalue weighted by Crippen LogP contribution is 2.46. The van der Waals surface area contributed by atoms with Gasteiger partial charge in [0.2, 0.25) is 0 Å². The number of rotatable bonds is 6. The molecule has 1 radical (unpaired) electrons. The molecule has 6 heteroatoms. The number of hydrogen-bond donors (Lipinski definition) is 2. The fourth-order valence-corrected chi connectivity index (χ4v) is 4.63. The zero-order valence-electron chi connectivity index (χ0n) is 22.0. The summed E-state index contributed by atoms with van der Waals surface area (Å²) in [5.41, 5.74) is 4.13. The third-order valence-corrected chi connectivity index (χ3v) is 7.60. The predicted octanol–water partition coefficient (Wildman–Crippen LogP) is 6.37. The highest BCUT2D eigenvalue weighted by Gasteiger charge is 2.35. The third kappa shape index (κ3) is 4.30. The molecule has 2 heterocycles. The molecule has 5 nitrogen and oxygen atoms in total. The van der Waals surface area contributed by atoms with Gasteiger partial charge in [0.25, 0.3) is 0 Å². The Morgan fingerprint density at radius 3 is 2.29 bits per heavy atom. The lowest BCUT2D eigenvalue weighted by atomic mass is 9.82. The number of fused-ring (bicyclic) bond motifs is 5. The summed E-state index contributed by atoms with van der Waals surface area (Å²) in [5, 5.41) is 17.3. The first kappa shape index (κ1) is 24.5. The summed E-state index contributed by atoms with van der Waals surface area (Å²) in [4.78, 5) is 5.08. The minimum absolute atomic E-state index is 0.241. The average Bonchev–Trinajstić information content (AvgIpc) is 3.36. The number of aliphatic hydroxyl groups is 1. The molecule has 1 atom stereocenters. The summed E-state index contributed by atoms with van der Waals surface area (Å²) < 4.78 is 12.3. The van der Waals surface area contributed by atoms with Crippen molar-refractivity contribution in [1.82, 2.24) is 4.98 Å². The summed E-state index contributed by atoms with van der Waals surface area (Å²) in [7, 11) is 1.70. The molecule has 0 aliphatic carbocycles. The monoisotopic (exact) mass is 501 g/mol. The van der Waals surface area contributed by atoms with Crippen molar-refractivity contribution in [3.63, 3.8) is 0 Å². The second-order valence-electron chi connectivity index (χ2n) is 10.8. The SMILES string of the molecule is CC(C)(O)C(C)(C)O[B]c1ccc(-c2nc3ccccc3c3c4c(ccc23)OC(c2ccccc2)N4)cc1. The zero-order chi connectivity index (χ0) is 26.5. The lowest BCUT2D eigenvalue weighted by molar-refractivity contribution is -0.0893. The van der Waals surface area contributed by atoms with Gasteiger partial charge in [-0.05, 0) is 45.9 Å². The Kier molecular flexibility index (Phi) is 5.90. The number of para-hydroxylation sites is 1. The van der Waals surface area contributed by atoms with Gasteiger partial charge in [-0.3, -0.25) is 0 Å². The van der Waals surface area contributed by atoms with Crippen molar-refractivity contribution in [1.29, 1.82) is 0 Å². The Balaban J connectivity index is 1.40. The summed E-state index contributed by atoms with van der Waals surface area (Å²) >= 11 is 0. The molecule has 4 aromatic carbocycles. The van der Waals surface area contributed by atoms with Crippen molar-refractivity contribution in [3.8, 4) is 17.0 Å². The van der Waals surface area contributed by atoms with Crippen molar-refractivity contribution in [2.24, 2.45) is 0 Å². The van der Waals surface area contributed by atoms with Gasteiger partial charge >= 0.3 is 7.48 Å². The van der Waals surface area contributed by atoms with E-state index in [1.54, 1.807) is 21.3 Å². The fourth-order valence-electron chi connectivity index (χ4n) is 4.63. The topological polar surface area (TPSA) is 63.6 Å². The molecular weight excluding hydrogens is 471 g/mol. The van der Waals surface area contributed by atoms with Crippen LogP contribution in [0.3, 0.4) is 0 Å². The smallest absolute Gasteiger partial charge is 0.330 e. The van der Waals surface area contributed by atoms with Gasteiger partial charge in [-0.1, -0.05) is 78.3 Å². The maximum Gasteiger partial charge on any atom is 0.330 e. The van der Waals surface area contributed by atoms with Gasteiger partial charge in [0.05, 0.1) is 28.1 Å². The van der Waals surface area contributed by atoms with Crippen molar-refractivity contribution >= 4 is 40.3 Å². The van der Waals surface area contributed by atoms with Crippen LogP contribution < -0.4 is 15.5 Å². The molecule has 0 spiro atoms. The predicted molar refractivity (Wildman–Crippen MR) is 155 cm³/mol. The van der Waals surface area contributed by atoms with Gasteiger partial charge in [-0.25, -0.2) is 4.98 Å². The fraction of sp³-hybridized carbons (Fsp3) is 0.219. The van der Waals surface area contributed by atoms with E-state index in [0.29, 0.717) is 0 Å². The molecule has 2 N–H and O–H groups in total. The second kappa shape index (κ2) is 9.16. The van der Waals surface area contributed by atoms with Crippen LogP contribution in [0.1, 0.15) is 39.5 Å². The molecule has 1 aliphatic rings. The average molecular weight is 501 g/mol. The van der Waals surface area contributed by atoms with E-state index >= 15 is 0 Å². The van der Waals surface area contributed by atoms with Gasteiger partial charge in [0.1, 0.15) is 5.75 Å². The Morgan fingerprint density at radius 1 is 0.842 bits per heavy atom. The molecule has 0 saturated heterocycles. The van der Waals surface area contributed by atoms with Crippen LogP contribution in [0.2, 0.25) is 0 Å². The molecule has 6 rings (SSSR count). The Hall–Kier alpha value is -3.87. The van der Waals surface area contributed by atoms with Gasteiger partial charge in [-0.2, -0.15) is 0 Å². The minimum Gasteiger partial charge on any atom is -0.464 e. The largest absolute Gasteiger partial charge is 0.464 e. The van der Waals surface area contributed by atoms with Crippen LogP contribution in [0.15, 0.2) is 91.0 Å². The standard InChI is InChI=1S/C32H30BN2O3/c1-31(2,36)32(3,4)38-33-22-16-14-20(15-17-22)28-24-18-19-26-29(27(24)23-12-8-9-13-25(23)34-28)35-30(37-26)21-10-6-5-7-11-21/h5-19,30,35-36H,1-4H3.